The third kappa shape index (κ3) is 5.50. The van der Waals surface area contributed by atoms with Crippen molar-refractivity contribution in [3.8, 4) is 0 Å². The molecule has 0 aliphatic carbocycles. The summed E-state index contributed by atoms with van der Waals surface area (Å²) < 4.78 is 0. The predicted molar refractivity (Wildman–Crippen MR) is 107 cm³/mol. The molecule has 1 aliphatic heterocycles. The fourth-order valence-electron chi connectivity index (χ4n) is 3.60. The van der Waals surface area contributed by atoms with Crippen LogP contribution in [-0.2, 0) is 4.79 Å². The van der Waals surface area contributed by atoms with Crippen LogP contribution in [-0.4, -0.2) is 40.4 Å². The zero-order chi connectivity index (χ0) is 19.2. The highest BCUT2D eigenvalue weighted by molar-refractivity contribution is 6.30. The van der Waals surface area contributed by atoms with E-state index in [1.165, 1.54) is 0 Å². The van der Waals surface area contributed by atoms with Crippen LogP contribution < -0.4 is 5.32 Å². The minimum absolute atomic E-state index is 0.0416. The highest BCUT2D eigenvalue weighted by atomic mass is 35.5. The van der Waals surface area contributed by atoms with Crippen molar-refractivity contribution in [3.05, 3.63) is 59.1 Å². The lowest BCUT2D eigenvalue weighted by Gasteiger charge is -2.33. The minimum atomic E-state index is -0.322. The summed E-state index contributed by atoms with van der Waals surface area (Å²) in [6.45, 7) is 7.52. The molecule has 2 aromatic rings. The number of amides is 1. The molecule has 0 bridgehead atoms. The summed E-state index contributed by atoms with van der Waals surface area (Å²) in [5, 5.41) is 3.86. The van der Waals surface area contributed by atoms with Gasteiger partial charge in [-0.05, 0) is 49.5 Å². The number of likely N-dealkylation sites (tertiary alicyclic amines) is 1. The third-order valence-electron chi connectivity index (χ3n) is 4.95. The van der Waals surface area contributed by atoms with Crippen molar-refractivity contribution in [1.82, 2.24) is 20.2 Å². The number of nitrogens with zero attached hydrogens (tertiary/aromatic N) is 3. The Hall–Kier alpha value is -1.98. The molecule has 0 radical (unpaired) electrons. The number of hydrogen-bond donors (Lipinski definition) is 1. The van der Waals surface area contributed by atoms with Gasteiger partial charge in [-0.15, -0.1) is 0 Å². The zero-order valence-electron chi connectivity index (χ0n) is 15.9. The highest BCUT2D eigenvalue weighted by Gasteiger charge is 2.28. The standard InChI is InChI=1S/C21H27ClN4O/c1-15(2)14-26-11-7-17(8-12-26)21(27)25-20(19-13-23-9-10-24-19)16-3-5-18(22)6-4-16/h3-6,9-10,13,15,17,20H,7-8,11-12,14H2,1-2H3,(H,25,27). The fourth-order valence-corrected chi connectivity index (χ4v) is 3.72. The SMILES string of the molecule is CC(C)CN1CCC(C(=O)NC(c2ccc(Cl)cc2)c2cnccn2)CC1. The molecule has 1 fully saturated rings. The molecule has 27 heavy (non-hydrogen) atoms. The van der Waals surface area contributed by atoms with Crippen molar-refractivity contribution in [2.75, 3.05) is 19.6 Å². The van der Waals surface area contributed by atoms with Gasteiger partial charge < -0.3 is 10.2 Å². The van der Waals surface area contributed by atoms with Crippen molar-refractivity contribution >= 4 is 17.5 Å². The maximum absolute atomic E-state index is 12.9. The van der Waals surface area contributed by atoms with Gasteiger partial charge in [0.05, 0.1) is 17.9 Å². The van der Waals surface area contributed by atoms with E-state index in [9.17, 15) is 4.79 Å². The third-order valence-corrected chi connectivity index (χ3v) is 5.20. The van der Waals surface area contributed by atoms with Crippen LogP contribution >= 0.6 is 11.6 Å². The summed E-state index contributed by atoms with van der Waals surface area (Å²) in [5.74, 6) is 0.783. The summed E-state index contributed by atoms with van der Waals surface area (Å²) in [5.41, 5.74) is 1.68. The van der Waals surface area contributed by atoms with Crippen LogP contribution in [0.25, 0.3) is 0 Å². The lowest BCUT2D eigenvalue weighted by molar-refractivity contribution is -0.127. The quantitative estimate of drug-likeness (QED) is 0.822. The average Bonchev–Trinajstić information content (AvgIpc) is 2.67. The molecular weight excluding hydrogens is 360 g/mol. The van der Waals surface area contributed by atoms with Gasteiger partial charge in [0.2, 0.25) is 5.91 Å². The van der Waals surface area contributed by atoms with E-state index in [1.807, 2.05) is 24.3 Å². The van der Waals surface area contributed by atoms with E-state index in [0.717, 1.165) is 43.7 Å². The molecule has 1 amide bonds. The molecule has 1 unspecified atom stereocenters. The molecule has 6 heteroatoms. The van der Waals surface area contributed by atoms with Gasteiger partial charge in [0.1, 0.15) is 0 Å². The number of rotatable bonds is 6. The van der Waals surface area contributed by atoms with E-state index in [1.54, 1.807) is 18.6 Å². The Morgan fingerprint density at radius 3 is 2.52 bits per heavy atom. The first-order valence-corrected chi connectivity index (χ1v) is 9.95. The van der Waals surface area contributed by atoms with Gasteiger partial charge in [0.15, 0.2) is 0 Å². The van der Waals surface area contributed by atoms with Crippen LogP contribution in [0, 0.1) is 11.8 Å². The number of hydrogen-bond acceptors (Lipinski definition) is 4. The molecule has 1 aromatic heterocycles. The van der Waals surface area contributed by atoms with Crippen LogP contribution in [0.15, 0.2) is 42.9 Å². The number of aromatic nitrogens is 2. The van der Waals surface area contributed by atoms with Crippen LogP contribution in [0.2, 0.25) is 5.02 Å². The van der Waals surface area contributed by atoms with Crippen molar-refractivity contribution in [1.29, 1.82) is 0 Å². The zero-order valence-corrected chi connectivity index (χ0v) is 16.7. The van der Waals surface area contributed by atoms with Gasteiger partial charge in [-0.1, -0.05) is 37.6 Å². The summed E-state index contributed by atoms with van der Waals surface area (Å²) in [6, 6.07) is 7.19. The maximum Gasteiger partial charge on any atom is 0.224 e. The van der Waals surface area contributed by atoms with Gasteiger partial charge in [-0.25, -0.2) is 0 Å². The van der Waals surface area contributed by atoms with E-state index in [4.69, 9.17) is 11.6 Å². The first-order chi connectivity index (χ1) is 13.0. The Morgan fingerprint density at radius 2 is 1.93 bits per heavy atom. The Labute approximate surface area is 166 Å². The molecular formula is C21H27ClN4O. The van der Waals surface area contributed by atoms with Crippen LogP contribution in [0.5, 0.6) is 0 Å². The molecule has 5 nitrogen and oxygen atoms in total. The Morgan fingerprint density at radius 1 is 1.22 bits per heavy atom. The number of carbonyl (C=O) groups is 1. The molecule has 2 heterocycles. The van der Waals surface area contributed by atoms with Crippen LogP contribution in [0.1, 0.15) is 44.0 Å². The molecule has 0 spiro atoms. The van der Waals surface area contributed by atoms with Crippen molar-refractivity contribution in [2.24, 2.45) is 11.8 Å². The van der Waals surface area contributed by atoms with Gasteiger partial charge in [0, 0.05) is 29.9 Å². The summed E-state index contributed by atoms with van der Waals surface area (Å²) in [6.07, 6.45) is 6.77. The second-order valence-electron chi connectivity index (χ2n) is 7.59. The monoisotopic (exact) mass is 386 g/mol. The van der Waals surface area contributed by atoms with Crippen molar-refractivity contribution < 1.29 is 4.79 Å². The first-order valence-electron chi connectivity index (χ1n) is 9.57. The van der Waals surface area contributed by atoms with Gasteiger partial charge in [-0.2, -0.15) is 0 Å². The van der Waals surface area contributed by atoms with E-state index < -0.39 is 0 Å². The normalized spacial score (nSPS) is 17.0. The molecule has 1 atom stereocenters. The highest BCUT2D eigenvalue weighted by Crippen LogP contribution is 2.24. The number of nitrogens with one attached hydrogen (secondary N) is 1. The minimum Gasteiger partial charge on any atom is -0.343 e. The number of halogens is 1. The number of piperidine rings is 1. The second kappa shape index (κ2) is 9.29. The average molecular weight is 387 g/mol. The molecule has 1 N–H and O–H groups in total. The molecule has 1 aliphatic rings. The van der Waals surface area contributed by atoms with E-state index in [-0.39, 0.29) is 17.9 Å². The second-order valence-corrected chi connectivity index (χ2v) is 8.03. The van der Waals surface area contributed by atoms with Gasteiger partial charge >= 0.3 is 0 Å². The maximum atomic E-state index is 12.9. The van der Waals surface area contributed by atoms with Crippen molar-refractivity contribution in [3.63, 3.8) is 0 Å². The van der Waals surface area contributed by atoms with E-state index in [0.29, 0.717) is 10.9 Å². The van der Waals surface area contributed by atoms with E-state index in [2.05, 4.69) is 34.0 Å². The Kier molecular flexibility index (Phi) is 6.80. The Balaban J connectivity index is 1.69. The molecule has 144 valence electrons. The smallest absolute Gasteiger partial charge is 0.224 e. The number of carbonyl (C=O) groups excluding carboxylic acids is 1. The molecule has 0 saturated carbocycles. The fraction of sp³-hybridized carbons (Fsp3) is 0.476. The van der Waals surface area contributed by atoms with Crippen LogP contribution in [0.3, 0.4) is 0 Å². The lowest BCUT2D eigenvalue weighted by Crippen LogP contribution is -2.42. The summed E-state index contributed by atoms with van der Waals surface area (Å²) >= 11 is 6.02. The number of benzene rings is 1. The van der Waals surface area contributed by atoms with Gasteiger partial charge in [-0.3, -0.25) is 14.8 Å². The Bertz CT molecular complexity index is 728. The van der Waals surface area contributed by atoms with Crippen LogP contribution in [0.4, 0.5) is 0 Å². The summed E-state index contributed by atoms with van der Waals surface area (Å²) in [7, 11) is 0. The first kappa shape index (κ1) is 19.8. The largest absolute Gasteiger partial charge is 0.343 e. The van der Waals surface area contributed by atoms with Crippen molar-refractivity contribution in [2.45, 2.75) is 32.7 Å². The molecule has 1 saturated heterocycles. The molecule has 1 aromatic carbocycles. The van der Waals surface area contributed by atoms with Gasteiger partial charge in [0.25, 0.3) is 0 Å². The van der Waals surface area contributed by atoms with E-state index >= 15 is 0 Å². The predicted octanol–water partition coefficient (Wildman–Crippen LogP) is 3.70. The molecule has 3 rings (SSSR count). The topological polar surface area (TPSA) is 58.1 Å². The lowest BCUT2D eigenvalue weighted by atomic mass is 9.94. The summed E-state index contributed by atoms with van der Waals surface area (Å²) in [4.78, 5) is 24.0.